The Morgan fingerprint density at radius 1 is 1.27 bits per heavy atom. The number of rotatable bonds is 4. The first kappa shape index (κ1) is 17.0. The van der Waals surface area contributed by atoms with E-state index in [4.69, 9.17) is 4.52 Å². The Bertz CT molecular complexity index is 755. The molecule has 1 saturated carbocycles. The van der Waals surface area contributed by atoms with Crippen LogP contribution in [-0.2, 0) is 6.54 Å². The lowest BCUT2D eigenvalue weighted by atomic mass is 10.1. The summed E-state index contributed by atoms with van der Waals surface area (Å²) in [6, 6.07) is 9.22. The fourth-order valence-corrected chi connectivity index (χ4v) is 3.60. The summed E-state index contributed by atoms with van der Waals surface area (Å²) >= 11 is 0. The normalized spacial score (nSPS) is 23.9. The third-order valence-electron chi connectivity index (χ3n) is 5.17. The van der Waals surface area contributed by atoms with Crippen molar-refractivity contribution >= 4 is 5.96 Å². The first-order valence-corrected chi connectivity index (χ1v) is 9.09. The molecule has 2 unspecified atom stereocenters. The van der Waals surface area contributed by atoms with Crippen LogP contribution in [0.25, 0.3) is 0 Å². The third kappa shape index (κ3) is 3.72. The number of nitrogens with zero attached hydrogens (tertiary/aromatic N) is 4. The molecule has 2 atom stereocenters. The van der Waals surface area contributed by atoms with Crippen molar-refractivity contribution in [2.45, 2.75) is 24.9 Å². The zero-order chi connectivity index (χ0) is 17.9. The van der Waals surface area contributed by atoms with Crippen LogP contribution in [0.1, 0.15) is 23.6 Å². The summed E-state index contributed by atoms with van der Waals surface area (Å²) in [5.41, 5.74) is 1.77. The minimum atomic E-state index is -0.113. The molecule has 26 heavy (non-hydrogen) atoms. The molecule has 4 rings (SSSR count). The van der Waals surface area contributed by atoms with Gasteiger partial charge in [0.1, 0.15) is 12.1 Å². The molecule has 2 aliphatic rings. The van der Waals surface area contributed by atoms with Gasteiger partial charge in [-0.05, 0) is 18.1 Å². The van der Waals surface area contributed by atoms with Crippen molar-refractivity contribution in [3.05, 3.63) is 53.7 Å². The first-order valence-electron chi connectivity index (χ1n) is 9.09. The molecule has 138 valence electrons. The zero-order valence-corrected chi connectivity index (χ0v) is 14.9. The topological polar surface area (TPSA) is 56.9 Å². The van der Waals surface area contributed by atoms with E-state index in [9.17, 15) is 4.39 Å². The number of aliphatic imine (C=N–C) groups is 1. The highest BCUT2D eigenvalue weighted by atomic mass is 19.1. The van der Waals surface area contributed by atoms with Gasteiger partial charge in [0, 0.05) is 57.8 Å². The molecule has 0 spiro atoms. The molecule has 2 fully saturated rings. The number of nitrogens with one attached hydrogen (secondary N) is 1. The van der Waals surface area contributed by atoms with Crippen LogP contribution in [0, 0.1) is 5.82 Å². The maximum Gasteiger partial charge on any atom is 0.193 e. The number of hydrogen-bond donors (Lipinski definition) is 1. The third-order valence-corrected chi connectivity index (χ3v) is 5.17. The molecule has 1 saturated heterocycles. The lowest BCUT2D eigenvalue weighted by Gasteiger charge is -2.36. The molecule has 0 amide bonds. The van der Waals surface area contributed by atoms with Crippen LogP contribution in [0.5, 0.6) is 0 Å². The van der Waals surface area contributed by atoms with Gasteiger partial charge >= 0.3 is 0 Å². The fourth-order valence-electron chi connectivity index (χ4n) is 3.60. The van der Waals surface area contributed by atoms with E-state index in [-0.39, 0.29) is 17.8 Å². The van der Waals surface area contributed by atoms with Gasteiger partial charge in [-0.2, -0.15) is 0 Å². The molecule has 1 aromatic heterocycles. The van der Waals surface area contributed by atoms with E-state index < -0.39 is 0 Å². The highest BCUT2D eigenvalue weighted by Gasteiger charge is 2.41. The Morgan fingerprint density at radius 3 is 2.77 bits per heavy atom. The van der Waals surface area contributed by atoms with E-state index in [0.717, 1.165) is 56.4 Å². The smallest absolute Gasteiger partial charge is 0.193 e. The Balaban J connectivity index is 1.29. The second-order valence-corrected chi connectivity index (χ2v) is 6.92. The maximum atomic E-state index is 13.9. The van der Waals surface area contributed by atoms with Gasteiger partial charge in [0.15, 0.2) is 5.96 Å². The van der Waals surface area contributed by atoms with E-state index >= 15 is 0 Å². The van der Waals surface area contributed by atoms with E-state index in [1.54, 1.807) is 12.3 Å². The molecule has 1 aromatic carbocycles. The lowest BCUT2D eigenvalue weighted by Crippen LogP contribution is -2.52. The van der Waals surface area contributed by atoms with Gasteiger partial charge in [0.25, 0.3) is 0 Å². The van der Waals surface area contributed by atoms with Crippen LogP contribution in [0.2, 0.25) is 0 Å². The maximum absolute atomic E-state index is 13.9. The summed E-state index contributed by atoms with van der Waals surface area (Å²) in [4.78, 5) is 9.07. The number of hydrogen-bond acceptors (Lipinski definition) is 4. The van der Waals surface area contributed by atoms with Gasteiger partial charge < -0.3 is 14.7 Å². The molecule has 2 aromatic rings. The fraction of sp³-hybridized carbons (Fsp3) is 0.474. The summed E-state index contributed by atoms with van der Waals surface area (Å²) in [5, 5.41) is 7.49. The highest BCUT2D eigenvalue weighted by Crippen LogP contribution is 2.41. The predicted molar refractivity (Wildman–Crippen MR) is 97.4 cm³/mol. The molecule has 6 nitrogen and oxygen atoms in total. The van der Waals surface area contributed by atoms with Crippen LogP contribution < -0.4 is 5.32 Å². The Morgan fingerprint density at radius 2 is 2.08 bits per heavy atom. The van der Waals surface area contributed by atoms with Crippen LogP contribution in [-0.4, -0.2) is 60.2 Å². The molecule has 1 N–H and O–H groups in total. The number of piperazine rings is 1. The minimum absolute atomic E-state index is 0.113. The van der Waals surface area contributed by atoms with E-state index in [1.807, 2.05) is 25.2 Å². The van der Waals surface area contributed by atoms with Crippen LogP contribution in [0.4, 0.5) is 4.39 Å². The highest BCUT2D eigenvalue weighted by molar-refractivity contribution is 5.81. The second kappa shape index (κ2) is 7.45. The number of benzene rings is 1. The Labute approximate surface area is 152 Å². The molecule has 1 aliphatic heterocycles. The van der Waals surface area contributed by atoms with Gasteiger partial charge in [0.05, 0.1) is 5.69 Å². The van der Waals surface area contributed by atoms with Crippen molar-refractivity contribution in [3.63, 3.8) is 0 Å². The number of guanidine groups is 1. The van der Waals surface area contributed by atoms with Gasteiger partial charge in [-0.1, -0.05) is 23.4 Å². The molecule has 2 heterocycles. The molecule has 1 aliphatic carbocycles. The van der Waals surface area contributed by atoms with Gasteiger partial charge in [-0.25, -0.2) is 4.39 Å². The monoisotopic (exact) mass is 357 g/mol. The molecule has 7 heteroatoms. The molecular weight excluding hydrogens is 333 g/mol. The van der Waals surface area contributed by atoms with Crippen molar-refractivity contribution in [1.82, 2.24) is 20.3 Å². The molecular formula is C19H24FN5O. The molecule has 0 bridgehead atoms. The largest absolute Gasteiger partial charge is 0.364 e. The van der Waals surface area contributed by atoms with Crippen molar-refractivity contribution in [2.75, 3.05) is 33.2 Å². The summed E-state index contributed by atoms with van der Waals surface area (Å²) < 4.78 is 18.8. The summed E-state index contributed by atoms with van der Waals surface area (Å²) in [5.74, 6) is 1.04. The molecule has 0 radical (unpaired) electrons. The van der Waals surface area contributed by atoms with Crippen molar-refractivity contribution in [2.24, 2.45) is 4.99 Å². The lowest BCUT2D eigenvalue weighted by molar-refractivity contribution is 0.169. The average Bonchev–Trinajstić information content (AvgIpc) is 3.23. The van der Waals surface area contributed by atoms with Crippen LogP contribution in [0.3, 0.4) is 0 Å². The summed E-state index contributed by atoms with van der Waals surface area (Å²) in [7, 11) is 1.81. The number of halogens is 1. The van der Waals surface area contributed by atoms with Crippen LogP contribution in [0.15, 0.2) is 46.1 Å². The SMILES string of the molecule is CN=C(NC1CC1c1ccccc1F)N1CCN(Cc2ccon2)CC1. The van der Waals surface area contributed by atoms with E-state index in [1.165, 1.54) is 6.07 Å². The predicted octanol–water partition coefficient (Wildman–Crippen LogP) is 2.06. The minimum Gasteiger partial charge on any atom is -0.364 e. The van der Waals surface area contributed by atoms with E-state index in [2.05, 4.69) is 25.3 Å². The average molecular weight is 357 g/mol. The van der Waals surface area contributed by atoms with Gasteiger partial charge in [-0.3, -0.25) is 9.89 Å². The van der Waals surface area contributed by atoms with E-state index in [0.29, 0.717) is 0 Å². The first-order chi connectivity index (χ1) is 12.7. The quantitative estimate of drug-likeness (QED) is 0.671. The zero-order valence-electron chi connectivity index (χ0n) is 14.9. The summed E-state index contributed by atoms with van der Waals surface area (Å²) in [6.45, 7) is 4.54. The second-order valence-electron chi connectivity index (χ2n) is 6.92. The van der Waals surface area contributed by atoms with Gasteiger partial charge in [-0.15, -0.1) is 0 Å². The summed E-state index contributed by atoms with van der Waals surface area (Å²) in [6.07, 6.45) is 2.56. The Kier molecular flexibility index (Phi) is 4.88. The standard InChI is InChI=1S/C19H24FN5O/c1-21-19(22-18-12-16(18)15-4-2-3-5-17(15)20)25-9-7-24(8-10-25)13-14-6-11-26-23-14/h2-6,11,16,18H,7-10,12-13H2,1H3,(H,21,22). The van der Waals surface area contributed by atoms with Crippen LogP contribution >= 0.6 is 0 Å². The van der Waals surface area contributed by atoms with Crippen molar-refractivity contribution < 1.29 is 8.91 Å². The number of aromatic nitrogens is 1. The van der Waals surface area contributed by atoms with Crippen molar-refractivity contribution in [1.29, 1.82) is 0 Å². The van der Waals surface area contributed by atoms with Gasteiger partial charge in [0.2, 0.25) is 0 Å². The Hall–Kier alpha value is -2.41. The van der Waals surface area contributed by atoms with Crippen molar-refractivity contribution in [3.8, 4) is 0 Å².